The summed E-state index contributed by atoms with van der Waals surface area (Å²) >= 11 is 12.1. The van der Waals surface area contributed by atoms with E-state index in [1.807, 2.05) is 32.0 Å². The Balaban J connectivity index is 2.38. The summed E-state index contributed by atoms with van der Waals surface area (Å²) in [6, 6.07) is 10.5. The van der Waals surface area contributed by atoms with Crippen molar-refractivity contribution in [1.29, 1.82) is 0 Å². The summed E-state index contributed by atoms with van der Waals surface area (Å²) < 4.78 is 16.1. The highest BCUT2D eigenvalue weighted by Gasteiger charge is 2.18. The average molecular weight is 323 g/mol. The molecule has 5 heteroatoms. The first-order chi connectivity index (χ1) is 9.97. The van der Waals surface area contributed by atoms with Crippen molar-refractivity contribution < 1.29 is 4.39 Å². The molecule has 3 rings (SSSR count). The molecule has 0 fully saturated rings. The summed E-state index contributed by atoms with van der Waals surface area (Å²) in [7, 11) is 0. The number of rotatable bonds is 2. The molecule has 2 aromatic carbocycles. The fourth-order valence-corrected chi connectivity index (χ4v) is 2.69. The van der Waals surface area contributed by atoms with E-state index in [-0.39, 0.29) is 5.38 Å². The summed E-state index contributed by atoms with van der Waals surface area (Å²) in [5.41, 5.74) is 3.10. The van der Waals surface area contributed by atoms with E-state index >= 15 is 0 Å². The number of imidazole rings is 1. The SMILES string of the molecule is Cc1ccc2nc(C(C)Cl)n(-c3ccc(Cl)cc3F)c2c1. The van der Waals surface area contributed by atoms with E-state index in [0.717, 1.165) is 16.6 Å². The number of hydrogen-bond acceptors (Lipinski definition) is 1. The van der Waals surface area contributed by atoms with Gasteiger partial charge in [-0.25, -0.2) is 9.37 Å². The number of benzene rings is 2. The molecule has 1 unspecified atom stereocenters. The molecular formula is C16H13Cl2FN2. The second-order valence-electron chi connectivity index (χ2n) is 5.01. The van der Waals surface area contributed by atoms with E-state index in [2.05, 4.69) is 4.98 Å². The highest BCUT2D eigenvalue weighted by molar-refractivity contribution is 6.30. The van der Waals surface area contributed by atoms with Crippen LogP contribution in [0.5, 0.6) is 0 Å². The molecule has 1 aromatic heterocycles. The molecule has 2 nitrogen and oxygen atoms in total. The Bertz CT molecular complexity index is 825. The first-order valence-electron chi connectivity index (χ1n) is 6.56. The van der Waals surface area contributed by atoms with Gasteiger partial charge in [-0.1, -0.05) is 17.7 Å². The predicted octanol–water partition coefficient (Wildman–Crippen LogP) is 5.43. The zero-order valence-corrected chi connectivity index (χ0v) is 13.1. The maximum Gasteiger partial charge on any atom is 0.148 e. The standard InChI is InChI=1S/C16H13Cl2FN2/c1-9-3-5-13-15(7-9)21(16(20-13)10(2)17)14-6-4-11(18)8-12(14)19/h3-8,10H,1-2H3. The van der Waals surface area contributed by atoms with Crippen LogP contribution >= 0.6 is 23.2 Å². The van der Waals surface area contributed by atoms with Crippen LogP contribution in [-0.2, 0) is 0 Å². The van der Waals surface area contributed by atoms with Gasteiger partial charge in [-0.3, -0.25) is 4.57 Å². The molecule has 108 valence electrons. The van der Waals surface area contributed by atoms with E-state index in [9.17, 15) is 4.39 Å². The van der Waals surface area contributed by atoms with Crippen LogP contribution in [0.15, 0.2) is 36.4 Å². The molecule has 1 heterocycles. The largest absolute Gasteiger partial charge is 0.292 e. The second-order valence-corrected chi connectivity index (χ2v) is 6.10. The van der Waals surface area contributed by atoms with Crippen LogP contribution in [0.4, 0.5) is 4.39 Å². The number of nitrogens with zero attached hydrogens (tertiary/aromatic N) is 2. The topological polar surface area (TPSA) is 17.8 Å². The Hall–Kier alpha value is -1.58. The Morgan fingerprint density at radius 2 is 1.95 bits per heavy atom. The van der Waals surface area contributed by atoms with Crippen molar-refractivity contribution in [2.75, 3.05) is 0 Å². The summed E-state index contributed by atoms with van der Waals surface area (Å²) in [5.74, 6) is 0.209. The normalized spacial score (nSPS) is 12.8. The van der Waals surface area contributed by atoms with Crippen molar-refractivity contribution >= 4 is 34.2 Å². The van der Waals surface area contributed by atoms with E-state index in [1.165, 1.54) is 6.07 Å². The van der Waals surface area contributed by atoms with Crippen LogP contribution in [0.3, 0.4) is 0 Å². The molecule has 0 saturated carbocycles. The number of aromatic nitrogens is 2. The van der Waals surface area contributed by atoms with Gasteiger partial charge in [0.1, 0.15) is 11.6 Å². The third-order valence-electron chi connectivity index (χ3n) is 3.34. The molecule has 21 heavy (non-hydrogen) atoms. The highest BCUT2D eigenvalue weighted by Crippen LogP contribution is 2.30. The van der Waals surface area contributed by atoms with Gasteiger partial charge in [0, 0.05) is 5.02 Å². The minimum absolute atomic E-state index is 0.340. The Labute approximate surface area is 132 Å². The molecule has 3 aromatic rings. The van der Waals surface area contributed by atoms with Crippen molar-refractivity contribution in [3.05, 3.63) is 58.6 Å². The summed E-state index contributed by atoms with van der Waals surface area (Å²) in [4.78, 5) is 4.52. The van der Waals surface area contributed by atoms with Gasteiger partial charge >= 0.3 is 0 Å². The van der Waals surface area contributed by atoms with Crippen LogP contribution in [0.25, 0.3) is 16.7 Å². The quantitative estimate of drug-likeness (QED) is 0.575. The smallest absolute Gasteiger partial charge is 0.148 e. The van der Waals surface area contributed by atoms with Crippen molar-refractivity contribution in [2.24, 2.45) is 0 Å². The first-order valence-corrected chi connectivity index (χ1v) is 7.37. The number of aryl methyl sites for hydroxylation is 1. The third kappa shape index (κ3) is 2.52. The third-order valence-corrected chi connectivity index (χ3v) is 3.77. The number of fused-ring (bicyclic) bond motifs is 1. The van der Waals surface area contributed by atoms with Crippen LogP contribution in [-0.4, -0.2) is 9.55 Å². The van der Waals surface area contributed by atoms with Crippen molar-refractivity contribution in [1.82, 2.24) is 9.55 Å². The fraction of sp³-hybridized carbons (Fsp3) is 0.188. The lowest BCUT2D eigenvalue weighted by Crippen LogP contribution is -2.04. The summed E-state index contributed by atoms with van der Waals surface area (Å²) in [6.45, 7) is 3.80. The zero-order chi connectivity index (χ0) is 15.1. The molecule has 0 aliphatic carbocycles. The summed E-state index contributed by atoms with van der Waals surface area (Å²) in [5, 5.41) is 0.0186. The second kappa shape index (κ2) is 5.32. The van der Waals surface area contributed by atoms with Gasteiger partial charge in [-0.2, -0.15) is 0 Å². The van der Waals surface area contributed by atoms with Crippen molar-refractivity contribution in [2.45, 2.75) is 19.2 Å². The van der Waals surface area contributed by atoms with Crippen LogP contribution in [0.2, 0.25) is 5.02 Å². The summed E-state index contributed by atoms with van der Waals surface area (Å²) in [6.07, 6.45) is 0. The van der Waals surface area contributed by atoms with Gasteiger partial charge in [0.15, 0.2) is 0 Å². The molecule has 0 aliphatic heterocycles. The van der Waals surface area contributed by atoms with E-state index in [4.69, 9.17) is 23.2 Å². The predicted molar refractivity (Wildman–Crippen MR) is 85.0 cm³/mol. The molecule has 0 aliphatic rings. The average Bonchev–Trinajstić information content (AvgIpc) is 2.77. The number of hydrogen-bond donors (Lipinski definition) is 0. The van der Waals surface area contributed by atoms with Gasteiger partial charge in [-0.05, 0) is 49.7 Å². The molecule has 0 radical (unpaired) electrons. The molecular weight excluding hydrogens is 310 g/mol. The Kier molecular flexibility index (Phi) is 3.64. The lowest BCUT2D eigenvalue weighted by Gasteiger charge is -2.12. The van der Waals surface area contributed by atoms with Gasteiger partial charge in [-0.15, -0.1) is 11.6 Å². The molecule has 0 amide bonds. The lowest BCUT2D eigenvalue weighted by molar-refractivity contribution is 0.616. The lowest BCUT2D eigenvalue weighted by atomic mass is 10.2. The highest BCUT2D eigenvalue weighted by atomic mass is 35.5. The monoisotopic (exact) mass is 322 g/mol. The zero-order valence-electron chi connectivity index (χ0n) is 11.6. The van der Waals surface area contributed by atoms with Crippen LogP contribution in [0.1, 0.15) is 23.7 Å². The van der Waals surface area contributed by atoms with Crippen LogP contribution < -0.4 is 0 Å². The van der Waals surface area contributed by atoms with Gasteiger partial charge in [0.05, 0.1) is 22.1 Å². The van der Waals surface area contributed by atoms with Gasteiger partial charge in [0.2, 0.25) is 0 Å². The van der Waals surface area contributed by atoms with Gasteiger partial charge in [0.25, 0.3) is 0 Å². The first kappa shape index (κ1) is 14.4. The maximum atomic E-state index is 14.3. The Morgan fingerprint density at radius 1 is 1.19 bits per heavy atom. The maximum absolute atomic E-state index is 14.3. The molecule has 0 spiro atoms. The number of halogens is 3. The molecule has 0 N–H and O–H groups in total. The van der Waals surface area contributed by atoms with E-state index in [1.54, 1.807) is 16.7 Å². The van der Waals surface area contributed by atoms with Crippen molar-refractivity contribution in [3.8, 4) is 5.69 Å². The molecule has 1 atom stereocenters. The minimum Gasteiger partial charge on any atom is -0.292 e. The van der Waals surface area contributed by atoms with E-state index in [0.29, 0.717) is 16.5 Å². The molecule has 0 bridgehead atoms. The minimum atomic E-state index is -0.401. The van der Waals surface area contributed by atoms with Crippen LogP contribution in [0, 0.1) is 12.7 Å². The van der Waals surface area contributed by atoms with Gasteiger partial charge < -0.3 is 0 Å². The fourth-order valence-electron chi connectivity index (χ4n) is 2.39. The molecule has 0 saturated heterocycles. The Morgan fingerprint density at radius 3 is 2.62 bits per heavy atom. The van der Waals surface area contributed by atoms with E-state index < -0.39 is 5.82 Å². The van der Waals surface area contributed by atoms with Crippen molar-refractivity contribution in [3.63, 3.8) is 0 Å². The number of alkyl halides is 1.